The number of sulfone groups is 1. The molecule has 1 aliphatic rings. The largest absolute Gasteiger partial charge is 0.466 e. The molecule has 1 fully saturated rings. The lowest BCUT2D eigenvalue weighted by Gasteiger charge is -2.08. The normalized spacial score (nSPS) is 22.0. The standard InChI is InChI=1S/C12H17NO4S/c1-8-5-11(9(2)17-8)12(14)13-6-10-3-4-18(15,16)7-10/h5,10H,3-4,6-7H2,1-2H3,(H,13,14). The van der Waals surface area contributed by atoms with Crippen molar-refractivity contribution in [2.75, 3.05) is 18.1 Å². The van der Waals surface area contributed by atoms with E-state index < -0.39 is 9.84 Å². The first-order chi connectivity index (χ1) is 8.37. The van der Waals surface area contributed by atoms with Gasteiger partial charge in [-0.15, -0.1) is 0 Å². The second-order valence-corrected chi connectivity index (χ2v) is 7.03. The minimum atomic E-state index is -2.88. The average Bonchev–Trinajstić information content (AvgIpc) is 2.78. The number of furan rings is 1. The van der Waals surface area contributed by atoms with Gasteiger partial charge < -0.3 is 9.73 Å². The van der Waals surface area contributed by atoms with Crippen LogP contribution in [0.2, 0.25) is 0 Å². The molecular formula is C12H17NO4S. The molecule has 100 valence electrons. The van der Waals surface area contributed by atoms with Crippen molar-refractivity contribution in [3.8, 4) is 0 Å². The summed E-state index contributed by atoms with van der Waals surface area (Å²) in [6.07, 6.45) is 0.631. The van der Waals surface area contributed by atoms with Crippen LogP contribution in [0.4, 0.5) is 0 Å². The molecule has 1 aromatic rings. The van der Waals surface area contributed by atoms with E-state index in [2.05, 4.69) is 5.32 Å². The highest BCUT2D eigenvalue weighted by molar-refractivity contribution is 7.91. The summed E-state index contributed by atoms with van der Waals surface area (Å²) in [7, 11) is -2.88. The van der Waals surface area contributed by atoms with Gasteiger partial charge in [0, 0.05) is 6.54 Å². The third-order valence-corrected chi connectivity index (χ3v) is 5.00. The Kier molecular flexibility index (Phi) is 3.47. The summed E-state index contributed by atoms with van der Waals surface area (Å²) < 4.78 is 27.9. The van der Waals surface area contributed by atoms with Crippen molar-refractivity contribution in [2.45, 2.75) is 20.3 Å². The third kappa shape index (κ3) is 2.93. The summed E-state index contributed by atoms with van der Waals surface area (Å²) in [5.41, 5.74) is 0.522. The van der Waals surface area contributed by atoms with Crippen molar-refractivity contribution >= 4 is 15.7 Å². The number of nitrogens with one attached hydrogen (secondary N) is 1. The summed E-state index contributed by atoms with van der Waals surface area (Å²) in [5.74, 6) is 1.53. The van der Waals surface area contributed by atoms with Gasteiger partial charge in [-0.3, -0.25) is 4.79 Å². The van der Waals surface area contributed by atoms with Gasteiger partial charge in [0.25, 0.3) is 5.91 Å². The Balaban J connectivity index is 1.91. The smallest absolute Gasteiger partial charge is 0.254 e. The van der Waals surface area contributed by atoms with Crippen molar-refractivity contribution in [2.24, 2.45) is 5.92 Å². The monoisotopic (exact) mass is 271 g/mol. The molecule has 1 atom stereocenters. The molecule has 0 spiro atoms. The molecule has 0 aromatic carbocycles. The lowest BCUT2D eigenvalue weighted by molar-refractivity contribution is 0.0947. The Morgan fingerprint density at radius 3 is 2.72 bits per heavy atom. The van der Waals surface area contributed by atoms with Crippen molar-refractivity contribution < 1.29 is 17.6 Å². The first-order valence-corrected chi connectivity index (χ1v) is 7.75. The maximum atomic E-state index is 11.9. The fourth-order valence-electron chi connectivity index (χ4n) is 2.22. The van der Waals surface area contributed by atoms with Crippen molar-refractivity contribution in [1.82, 2.24) is 5.32 Å². The molecule has 18 heavy (non-hydrogen) atoms. The van der Waals surface area contributed by atoms with E-state index in [0.717, 1.165) is 0 Å². The summed E-state index contributed by atoms with van der Waals surface area (Å²) >= 11 is 0. The predicted octanol–water partition coefficient (Wildman–Crippen LogP) is 1.06. The second-order valence-electron chi connectivity index (χ2n) is 4.81. The Morgan fingerprint density at radius 2 is 2.22 bits per heavy atom. The van der Waals surface area contributed by atoms with E-state index in [1.807, 2.05) is 0 Å². The van der Waals surface area contributed by atoms with Gasteiger partial charge >= 0.3 is 0 Å². The molecule has 1 aliphatic heterocycles. The van der Waals surface area contributed by atoms with Gasteiger partial charge in [0.1, 0.15) is 11.5 Å². The lowest BCUT2D eigenvalue weighted by atomic mass is 10.1. The Morgan fingerprint density at radius 1 is 1.50 bits per heavy atom. The molecule has 1 aromatic heterocycles. The maximum absolute atomic E-state index is 11.9. The van der Waals surface area contributed by atoms with Gasteiger partial charge in [0.2, 0.25) is 0 Å². The van der Waals surface area contributed by atoms with Crippen LogP contribution < -0.4 is 5.32 Å². The highest BCUT2D eigenvalue weighted by atomic mass is 32.2. The van der Waals surface area contributed by atoms with Crippen LogP contribution in [-0.2, 0) is 9.84 Å². The molecule has 1 amide bonds. The maximum Gasteiger partial charge on any atom is 0.254 e. The van der Waals surface area contributed by atoms with Crippen LogP contribution in [0.1, 0.15) is 28.3 Å². The summed E-state index contributed by atoms with van der Waals surface area (Å²) in [5, 5.41) is 2.77. The van der Waals surface area contributed by atoms with Crippen molar-refractivity contribution in [3.63, 3.8) is 0 Å². The van der Waals surface area contributed by atoms with E-state index in [4.69, 9.17) is 4.42 Å². The van der Waals surface area contributed by atoms with E-state index in [0.29, 0.717) is 30.0 Å². The fourth-order valence-corrected chi connectivity index (χ4v) is 4.08. The lowest BCUT2D eigenvalue weighted by Crippen LogP contribution is -2.29. The fraction of sp³-hybridized carbons (Fsp3) is 0.583. The zero-order valence-corrected chi connectivity index (χ0v) is 11.3. The topological polar surface area (TPSA) is 76.4 Å². The SMILES string of the molecule is Cc1cc(C(=O)NCC2CCS(=O)(=O)C2)c(C)o1. The molecule has 1 N–H and O–H groups in total. The van der Waals surface area contributed by atoms with E-state index in [1.54, 1.807) is 19.9 Å². The predicted molar refractivity (Wildman–Crippen MR) is 67.3 cm³/mol. The quantitative estimate of drug-likeness (QED) is 0.892. The zero-order chi connectivity index (χ0) is 13.3. The van der Waals surface area contributed by atoms with E-state index in [9.17, 15) is 13.2 Å². The second kappa shape index (κ2) is 4.76. The number of amides is 1. The molecule has 2 rings (SSSR count). The highest BCUT2D eigenvalue weighted by Crippen LogP contribution is 2.18. The van der Waals surface area contributed by atoms with Crippen LogP contribution in [0, 0.1) is 19.8 Å². The summed E-state index contributed by atoms with van der Waals surface area (Å²) in [4.78, 5) is 11.9. The Bertz CT molecular complexity index is 559. The summed E-state index contributed by atoms with van der Waals surface area (Å²) in [6.45, 7) is 3.93. The van der Waals surface area contributed by atoms with Gasteiger partial charge in [0.05, 0.1) is 17.1 Å². The van der Waals surface area contributed by atoms with Gasteiger partial charge in [-0.05, 0) is 32.3 Å². The van der Waals surface area contributed by atoms with E-state index in [-0.39, 0.29) is 23.3 Å². The molecule has 0 radical (unpaired) electrons. The molecule has 6 heteroatoms. The molecule has 0 saturated carbocycles. The molecular weight excluding hydrogens is 254 g/mol. The van der Waals surface area contributed by atoms with Gasteiger partial charge in [-0.2, -0.15) is 0 Å². The highest BCUT2D eigenvalue weighted by Gasteiger charge is 2.28. The number of rotatable bonds is 3. The summed E-state index contributed by atoms with van der Waals surface area (Å²) in [6, 6.07) is 1.69. The van der Waals surface area contributed by atoms with Crippen LogP contribution in [-0.4, -0.2) is 32.4 Å². The van der Waals surface area contributed by atoms with E-state index in [1.165, 1.54) is 0 Å². The van der Waals surface area contributed by atoms with Crippen LogP contribution in [0.25, 0.3) is 0 Å². The number of carbonyl (C=O) groups is 1. The molecule has 1 unspecified atom stereocenters. The Hall–Kier alpha value is -1.30. The van der Waals surface area contributed by atoms with Crippen LogP contribution in [0.3, 0.4) is 0 Å². The van der Waals surface area contributed by atoms with Gasteiger partial charge in [-0.25, -0.2) is 8.42 Å². The van der Waals surface area contributed by atoms with Gasteiger partial charge in [0.15, 0.2) is 9.84 Å². The first kappa shape index (κ1) is 13.1. The number of aryl methyl sites for hydroxylation is 2. The van der Waals surface area contributed by atoms with E-state index >= 15 is 0 Å². The number of carbonyl (C=O) groups excluding carboxylic acids is 1. The number of hydrogen-bond donors (Lipinski definition) is 1. The molecule has 0 bridgehead atoms. The molecule has 0 aliphatic carbocycles. The third-order valence-electron chi connectivity index (χ3n) is 3.16. The number of hydrogen-bond acceptors (Lipinski definition) is 4. The molecule has 1 saturated heterocycles. The minimum Gasteiger partial charge on any atom is -0.466 e. The molecule has 5 nitrogen and oxygen atoms in total. The van der Waals surface area contributed by atoms with Crippen LogP contribution in [0.5, 0.6) is 0 Å². The van der Waals surface area contributed by atoms with Crippen molar-refractivity contribution in [3.05, 3.63) is 23.2 Å². The average molecular weight is 271 g/mol. The van der Waals surface area contributed by atoms with Gasteiger partial charge in [-0.1, -0.05) is 0 Å². The Labute approximate surface area is 106 Å². The minimum absolute atomic E-state index is 0.0345. The first-order valence-electron chi connectivity index (χ1n) is 5.93. The zero-order valence-electron chi connectivity index (χ0n) is 10.5. The van der Waals surface area contributed by atoms with Crippen molar-refractivity contribution in [1.29, 1.82) is 0 Å². The van der Waals surface area contributed by atoms with Crippen LogP contribution in [0.15, 0.2) is 10.5 Å². The molecule has 2 heterocycles. The van der Waals surface area contributed by atoms with Crippen LogP contribution >= 0.6 is 0 Å².